The maximum Gasteiger partial charge on any atom is 0.0130 e. The van der Waals surface area contributed by atoms with E-state index in [2.05, 4.69) is 52.9 Å². The molecule has 0 spiro atoms. The molecule has 0 rings (SSSR count). The Morgan fingerprint density at radius 3 is 2.13 bits per heavy atom. The van der Waals surface area contributed by atoms with Gasteiger partial charge in [0.2, 0.25) is 0 Å². The summed E-state index contributed by atoms with van der Waals surface area (Å²) < 4.78 is 0. The lowest BCUT2D eigenvalue weighted by molar-refractivity contribution is 0.270. The molecule has 0 aliphatic carbocycles. The summed E-state index contributed by atoms with van der Waals surface area (Å²) in [7, 11) is 2.04. The Kier molecular flexibility index (Phi) is 5.58. The van der Waals surface area contributed by atoms with E-state index in [9.17, 15) is 0 Å². The Labute approximate surface area is 96.3 Å². The number of hydrogen-bond acceptors (Lipinski definition) is 1. The summed E-state index contributed by atoms with van der Waals surface area (Å²) in [6, 6.07) is 0. The highest BCUT2D eigenvalue weighted by molar-refractivity contribution is 5.10. The summed E-state index contributed by atoms with van der Waals surface area (Å²) in [5.41, 5.74) is 2.03. The molecule has 0 amide bonds. The van der Waals surface area contributed by atoms with E-state index in [1.165, 1.54) is 24.8 Å². The van der Waals surface area contributed by atoms with Crippen molar-refractivity contribution in [1.29, 1.82) is 0 Å². The van der Waals surface area contributed by atoms with Crippen molar-refractivity contribution in [3.05, 3.63) is 11.6 Å². The molecule has 0 radical (unpaired) electrons. The van der Waals surface area contributed by atoms with Crippen LogP contribution in [0.1, 0.15) is 60.8 Å². The van der Waals surface area contributed by atoms with E-state index in [0.717, 1.165) is 0 Å². The average Bonchev–Trinajstić information content (AvgIpc) is 2.12. The van der Waals surface area contributed by atoms with Gasteiger partial charge in [0.05, 0.1) is 0 Å². The summed E-state index contributed by atoms with van der Waals surface area (Å²) in [5.74, 6) is 0. The molecule has 0 aromatic heterocycles. The van der Waals surface area contributed by atoms with Crippen LogP contribution in [-0.2, 0) is 0 Å². The van der Waals surface area contributed by atoms with Gasteiger partial charge in [0.1, 0.15) is 0 Å². The molecule has 0 unspecified atom stereocenters. The molecule has 0 bridgehead atoms. The molecule has 1 heteroatoms. The fourth-order valence-corrected chi connectivity index (χ4v) is 1.97. The van der Waals surface area contributed by atoms with Crippen LogP contribution in [0.2, 0.25) is 0 Å². The van der Waals surface area contributed by atoms with Gasteiger partial charge in [-0.15, -0.1) is 0 Å². The van der Waals surface area contributed by atoms with Crippen molar-refractivity contribution in [3.63, 3.8) is 0 Å². The lowest BCUT2D eigenvalue weighted by atomic mass is 9.75. The second kappa shape index (κ2) is 5.69. The van der Waals surface area contributed by atoms with Gasteiger partial charge in [-0.25, -0.2) is 0 Å². The van der Waals surface area contributed by atoms with E-state index in [0.29, 0.717) is 5.41 Å². The van der Waals surface area contributed by atoms with E-state index in [1.807, 2.05) is 7.05 Å². The Balaban J connectivity index is 4.53. The molecule has 1 N–H and O–H groups in total. The molecule has 0 aromatic carbocycles. The van der Waals surface area contributed by atoms with Crippen LogP contribution in [0.3, 0.4) is 0 Å². The number of rotatable bonds is 6. The summed E-state index contributed by atoms with van der Waals surface area (Å²) in [4.78, 5) is 0. The zero-order valence-corrected chi connectivity index (χ0v) is 11.7. The number of unbranched alkanes of at least 4 members (excludes halogenated alkanes) is 1. The summed E-state index contributed by atoms with van der Waals surface area (Å²) in [6.07, 6.45) is 6.01. The lowest BCUT2D eigenvalue weighted by Crippen LogP contribution is -2.40. The van der Waals surface area contributed by atoms with Gasteiger partial charge >= 0.3 is 0 Å². The highest BCUT2D eigenvalue weighted by Gasteiger charge is 2.28. The Bertz CT molecular complexity index is 211. The normalized spacial score (nSPS) is 14.5. The van der Waals surface area contributed by atoms with Gasteiger partial charge in [-0.2, -0.15) is 0 Å². The van der Waals surface area contributed by atoms with E-state index in [1.54, 1.807) is 0 Å². The molecule has 0 atom stereocenters. The van der Waals surface area contributed by atoms with Crippen molar-refractivity contribution in [2.24, 2.45) is 5.41 Å². The Morgan fingerprint density at radius 1 is 1.20 bits per heavy atom. The fourth-order valence-electron chi connectivity index (χ4n) is 1.97. The first-order chi connectivity index (χ1) is 6.75. The predicted octanol–water partition coefficient (Wildman–Crippen LogP) is 4.15. The van der Waals surface area contributed by atoms with Crippen LogP contribution in [0.15, 0.2) is 11.6 Å². The minimum Gasteiger partial charge on any atom is -0.315 e. The van der Waals surface area contributed by atoms with Crippen LogP contribution in [0.5, 0.6) is 0 Å². The van der Waals surface area contributed by atoms with Crippen molar-refractivity contribution in [2.75, 3.05) is 7.05 Å². The van der Waals surface area contributed by atoms with Crippen molar-refractivity contribution in [3.8, 4) is 0 Å². The molecular formula is C14H29N. The standard InChI is InChI=1S/C14H29N/c1-8-9-10-12(2)13(3,4)11-14(5,6)15-7/h10,15H,8-9,11H2,1-7H3/b12-10-. The third-order valence-corrected chi connectivity index (χ3v) is 3.37. The van der Waals surface area contributed by atoms with Gasteiger partial charge in [-0.05, 0) is 46.1 Å². The van der Waals surface area contributed by atoms with Gasteiger partial charge < -0.3 is 5.32 Å². The van der Waals surface area contributed by atoms with E-state index < -0.39 is 0 Å². The first-order valence-corrected chi connectivity index (χ1v) is 6.11. The first kappa shape index (κ1) is 14.7. The molecule has 90 valence electrons. The zero-order chi connectivity index (χ0) is 12.1. The Morgan fingerprint density at radius 2 is 1.73 bits per heavy atom. The van der Waals surface area contributed by atoms with Gasteiger partial charge in [0, 0.05) is 5.54 Å². The monoisotopic (exact) mass is 211 g/mol. The summed E-state index contributed by atoms with van der Waals surface area (Å²) in [5, 5.41) is 3.38. The summed E-state index contributed by atoms with van der Waals surface area (Å²) in [6.45, 7) is 13.7. The maximum atomic E-state index is 3.38. The molecule has 1 nitrogen and oxygen atoms in total. The second-order valence-corrected chi connectivity index (χ2v) is 5.87. The first-order valence-electron chi connectivity index (χ1n) is 6.11. The van der Waals surface area contributed by atoms with E-state index in [4.69, 9.17) is 0 Å². The van der Waals surface area contributed by atoms with Gasteiger partial charge in [-0.3, -0.25) is 0 Å². The van der Waals surface area contributed by atoms with Gasteiger partial charge in [0.15, 0.2) is 0 Å². The molecule has 0 fully saturated rings. The third-order valence-electron chi connectivity index (χ3n) is 3.37. The van der Waals surface area contributed by atoms with E-state index >= 15 is 0 Å². The highest BCUT2D eigenvalue weighted by atomic mass is 14.9. The van der Waals surface area contributed by atoms with E-state index in [-0.39, 0.29) is 5.54 Å². The van der Waals surface area contributed by atoms with Crippen LogP contribution in [-0.4, -0.2) is 12.6 Å². The molecule has 0 heterocycles. The van der Waals surface area contributed by atoms with Gasteiger partial charge in [-0.1, -0.05) is 38.8 Å². The molecular weight excluding hydrogens is 182 g/mol. The van der Waals surface area contributed by atoms with Crippen molar-refractivity contribution < 1.29 is 0 Å². The maximum absolute atomic E-state index is 3.38. The third kappa shape index (κ3) is 5.36. The zero-order valence-electron chi connectivity index (χ0n) is 11.7. The molecule has 0 aliphatic heterocycles. The smallest absolute Gasteiger partial charge is 0.0130 e. The van der Waals surface area contributed by atoms with Crippen LogP contribution in [0.4, 0.5) is 0 Å². The minimum absolute atomic E-state index is 0.213. The molecule has 0 saturated heterocycles. The fraction of sp³-hybridized carbons (Fsp3) is 0.857. The van der Waals surface area contributed by atoms with Crippen LogP contribution >= 0.6 is 0 Å². The molecule has 0 aromatic rings. The second-order valence-electron chi connectivity index (χ2n) is 5.87. The van der Waals surface area contributed by atoms with Crippen LogP contribution in [0, 0.1) is 5.41 Å². The lowest BCUT2D eigenvalue weighted by Gasteiger charge is -2.36. The predicted molar refractivity (Wildman–Crippen MR) is 70.2 cm³/mol. The number of allylic oxidation sites excluding steroid dienone is 2. The summed E-state index contributed by atoms with van der Waals surface area (Å²) >= 11 is 0. The molecule has 15 heavy (non-hydrogen) atoms. The molecule has 0 aliphatic rings. The van der Waals surface area contributed by atoms with Crippen LogP contribution < -0.4 is 5.32 Å². The van der Waals surface area contributed by atoms with Crippen molar-refractivity contribution >= 4 is 0 Å². The van der Waals surface area contributed by atoms with Crippen molar-refractivity contribution in [1.82, 2.24) is 5.32 Å². The highest BCUT2D eigenvalue weighted by Crippen LogP contribution is 2.34. The van der Waals surface area contributed by atoms with Gasteiger partial charge in [0.25, 0.3) is 0 Å². The Hall–Kier alpha value is -0.300. The van der Waals surface area contributed by atoms with Crippen molar-refractivity contribution in [2.45, 2.75) is 66.3 Å². The largest absolute Gasteiger partial charge is 0.315 e. The number of hydrogen-bond donors (Lipinski definition) is 1. The topological polar surface area (TPSA) is 12.0 Å². The van der Waals surface area contributed by atoms with Crippen LogP contribution in [0.25, 0.3) is 0 Å². The quantitative estimate of drug-likeness (QED) is 0.651. The SMILES string of the molecule is CCC/C=C(/C)C(C)(C)CC(C)(C)NC. The number of nitrogens with one attached hydrogen (secondary N) is 1. The minimum atomic E-state index is 0.213. The molecule has 0 saturated carbocycles. The average molecular weight is 211 g/mol.